The molecule has 0 unspecified atom stereocenters. The number of fused-ring (bicyclic) bond motifs is 1. The average molecular weight is 228 g/mol. The lowest BCUT2D eigenvalue weighted by molar-refractivity contribution is 0.123. The van der Waals surface area contributed by atoms with Gasteiger partial charge in [-0.05, 0) is 19.1 Å². The van der Waals surface area contributed by atoms with Crippen molar-refractivity contribution in [2.24, 2.45) is 0 Å². The van der Waals surface area contributed by atoms with Crippen LogP contribution in [0.2, 0.25) is 0 Å². The predicted octanol–water partition coefficient (Wildman–Crippen LogP) is 2.38. The highest BCUT2D eigenvalue weighted by Crippen LogP contribution is 2.27. The molecule has 0 aliphatic carbocycles. The molecule has 0 spiro atoms. The molecule has 3 nitrogen and oxygen atoms in total. The number of pyridine rings is 1. The van der Waals surface area contributed by atoms with Crippen LogP contribution in [0.4, 0.5) is 5.69 Å². The van der Waals surface area contributed by atoms with E-state index in [-0.39, 0.29) is 0 Å². The highest BCUT2D eigenvalue weighted by atomic mass is 16.5. The van der Waals surface area contributed by atoms with Crippen LogP contribution in [0.5, 0.6) is 0 Å². The maximum absolute atomic E-state index is 5.41. The molecular weight excluding hydrogens is 212 g/mol. The molecule has 3 rings (SSSR count). The number of anilines is 1. The molecule has 1 aliphatic rings. The standard InChI is InChI=1S/C14H16N2O/c1-11-10-14(16-6-8-17-9-7-16)12-4-2-3-5-13(12)15-11/h2-5,10H,6-9H2,1H3. The summed E-state index contributed by atoms with van der Waals surface area (Å²) >= 11 is 0. The summed E-state index contributed by atoms with van der Waals surface area (Å²) in [7, 11) is 0. The van der Waals surface area contributed by atoms with Gasteiger partial charge in [-0.2, -0.15) is 0 Å². The zero-order chi connectivity index (χ0) is 11.7. The molecule has 1 saturated heterocycles. The third kappa shape index (κ3) is 1.98. The van der Waals surface area contributed by atoms with Crippen molar-refractivity contribution >= 4 is 16.6 Å². The minimum Gasteiger partial charge on any atom is -0.378 e. The third-order valence-corrected chi connectivity index (χ3v) is 3.17. The van der Waals surface area contributed by atoms with E-state index in [4.69, 9.17) is 4.74 Å². The van der Waals surface area contributed by atoms with Crippen LogP contribution in [-0.4, -0.2) is 31.3 Å². The number of ether oxygens (including phenoxy) is 1. The second kappa shape index (κ2) is 4.34. The molecular formula is C14H16N2O. The summed E-state index contributed by atoms with van der Waals surface area (Å²) in [5.41, 5.74) is 3.44. The number of hydrogen-bond acceptors (Lipinski definition) is 3. The average Bonchev–Trinajstić information content (AvgIpc) is 2.39. The minimum absolute atomic E-state index is 0.815. The van der Waals surface area contributed by atoms with Crippen LogP contribution in [0.15, 0.2) is 30.3 Å². The molecule has 17 heavy (non-hydrogen) atoms. The lowest BCUT2D eigenvalue weighted by atomic mass is 10.1. The van der Waals surface area contributed by atoms with Crippen molar-refractivity contribution in [3.8, 4) is 0 Å². The Morgan fingerprint density at radius 2 is 1.94 bits per heavy atom. The molecule has 0 bridgehead atoms. The largest absolute Gasteiger partial charge is 0.378 e. The number of aromatic nitrogens is 1. The van der Waals surface area contributed by atoms with Crippen molar-refractivity contribution in [2.45, 2.75) is 6.92 Å². The van der Waals surface area contributed by atoms with Crippen LogP contribution < -0.4 is 4.90 Å². The Morgan fingerprint density at radius 3 is 2.76 bits per heavy atom. The van der Waals surface area contributed by atoms with Crippen LogP contribution in [0.3, 0.4) is 0 Å². The number of aryl methyl sites for hydroxylation is 1. The maximum atomic E-state index is 5.41. The number of hydrogen-bond donors (Lipinski definition) is 0. The van der Waals surface area contributed by atoms with E-state index in [0.717, 1.165) is 37.5 Å². The van der Waals surface area contributed by atoms with Crippen LogP contribution in [0, 0.1) is 6.92 Å². The zero-order valence-electron chi connectivity index (χ0n) is 10.0. The summed E-state index contributed by atoms with van der Waals surface area (Å²) in [6.07, 6.45) is 0. The number of morpholine rings is 1. The van der Waals surface area contributed by atoms with Gasteiger partial charge in [0.2, 0.25) is 0 Å². The Hall–Kier alpha value is -1.61. The van der Waals surface area contributed by atoms with Gasteiger partial charge in [0.25, 0.3) is 0 Å². The molecule has 0 radical (unpaired) electrons. The van der Waals surface area contributed by atoms with E-state index >= 15 is 0 Å². The molecule has 1 fully saturated rings. The Bertz CT molecular complexity index is 533. The summed E-state index contributed by atoms with van der Waals surface area (Å²) in [5, 5.41) is 1.24. The van der Waals surface area contributed by atoms with Crippen molar-refractivity contribution in [2.75, 3.05) is 31.2 Å². The Kier molecular flexibility index (Phi) is 2.69. The van der Waals surface area contributed by atoms with Gasteiger partial charge in [0.05, 0.1) is 18.7 Å². The summed E-state index contributed by atoms with van der Waals surface area (Å²) < 4.78 is 5.41. The summed E-state index contributed by atoms with van der Waals surface area (Å²) in [5.74, 6) is 0. The Labute approximate surface area is 101 Å². The number of nitrogens with zero attached hydrogens (tertiary/aromatic N) is 2. The SMILES string of the molecule is Cc1cc(N2CCOCC2)c2ccccc2n1. The summed E-state index contributed by atoms with van der Waals surface area (Å²) in [6.45, 7) is 5.61. The molecule has 2 aromatic rings. The fraction of sp³-hybridized carbons (Fsp3) is 0.357. The van der Waals surface area contributed by atoms with Crippen molar-refractivity contribution in [3.63, 3.8) is 0 Å². The van der Waals surface area contributed by atoms with Crippen LogP contribution in [0.1, 0.15) is 5.69 Å². The topological polar surface area (TPSA) is 25.4 Å². The van der Waals surface area contributed by atoms with E-state index in [9.17, 15) is 0 Å². The molecule has 1 aromatic heterocycles. The lowest BCUT2D eigenvalue weighted by Gasteiger charge is -2.30. The van der Waals surface area contributed by atoms with Crippen LogP contribution >= 0.6 is 0 Å². The van der Waals surface area contributed by atoms with Gasteiger partial charge in [0.15, 0.2) is 0 Å². The second-order valence-electron chi connectivity index (χ2n) is 4.40. The van der Waals surface area contributed by atoms with Gasteiger partial charge in [-0.25, -0.2) is 0 Å². The number of benzene rings is 1. The molecule has 2 heterocycles. The molecule has 0 saturated carbocycles. The summed E-state index contributed by atoms with van der Waals surface area (Å²) in [4.78, 5) is 6.96. The molecule has 0 atom stereocenters. The fourth-order valence-corrected chi connectivity index (χ4v) is 2.35. The van der Waals surface area contributed by atoms with E-state index in [0.29, 0.717) is 0 Å². The lowest BCUT2D eigenvalue weighted by Crippen LogP contribution is -2.36. The quantitative estimate of drug-likeness (QED) is 0.749. The number of para-hydroxylation sites is 1. The Morgan fingerprint density at radius 1 is 1.18 bits per heavy atom. The first kappa shape index (κ1) is 10.5. The van der Waals surface area contributed by atoms with Crippen molar-refractivity contribution in [1.29, 1.82) is 0 Å². The van der Waals surface area contributed by atoms with Gasteiger partial charge in [-0.3, -0.25) is 4.98 Å². The molecule has 0 N–H and O–H groups in total. The van der Waals surface area contributed by atoms with Gasteiger partial charge in [-0.15, -0.1) is 0 Å². The van der Waals surface area contributed by atoms with Gasteiger partial charge in [0.1, 0.15) is 0 Å². The van der Waals surface area contributed by atoms with Gasteiger partial charge >= 0.3 is 0 Å². The smallest absolute Gasteiger partial charge is 0.0726 e. The normalized spacial score (nSPS) is 16.4. The highest BCUT2D eigenvalue weighted by molar-refractivity contribution is 5.92. The predicted molar refractivity (Wildman–Crippen MR) is 69.5 cm³/mol. The first-order valence-electron chi connectivity index (χ1n) is 6.04. The second-order valence-corrected chi connectivity index (χ2v) is 4.40. The molecule has 88 valence electrons. The third-order valence-electron chi connectivity index (χ3n) is 3.17. The highest BCUT2D eigenvalue weighted by Gasteiger charge is 2.14. The summed E-state index contributed by atoms with van der Waals surface area (Å²) in [6, 6.07) is 10.5. The monoisotopic (exact) mass is 228 g/mol. The molecule has 1 aromatic carbocycles. The van der Waals surface area contributed by atoms with Crippen molar-refractivity contribution in [1.82, 2.24) is 4.98 Å². The van der Waals surface area contributed by atoms with Gasteiger partial charge < -0.3 is 9.64 Å². The number of rotatable bonds is 1. The molecule has 1 aliphatic heterocycles. The van der Waals surface area contributed by atoms with Crippen molar-refractivity contribution in [3.05, 3.63) is 36.0 Å². The van der Waals surface area contributed by atoms with Gasteiger partial charge in [-0.1, -0.05) is 18.2 Å². The van der Waals surface area contributed by atoms with E-state index < -0.39 is 0 Å². The van der Waals surface area contributed by atoms with E-state index in [2.05, 4.69) is 41.1 Å². The zero-order valence-corrected chi connectivity index (χ0v) is 10.0. The van der Waals surface area contributed by atoms with Crippen molar-refractivity contribution < 1.29 is 4.74 Å². The first-order chi connectivity index (χ1) is 8.34. The first-order valence-corrected chi connectivity index (χ1v) is 6.04. The van der Waals surface area contributed by atoms with Gasteiger partial charge in [0, 0.05) is 29.9 Å². The maximum Gasteiger partial charge on any atom is 0.0726 e. The molecule has 0 amide bonds. The van der Waals surface area contributed by atoms with Crippen LogP contribution in [0.25, 0.3) is 10.9 Å². The van der Waals surface area contributed by atoms with E-state index in [1.807, 2.05) is 6.07 Å². The molecule has 3 heteroatoms. The fourth-order valence-electron chi connectivity index (χ4n) is 2.35. The van der Waals surface area contributed by atoms with E-state index in [1.165, 1.54) is 11.1 Å². The Balaban J connectivity index is 2.13. The minimum atomic E-state index is 0.815. The van der Waals surface area contributed by atoms with Crippen LogP contribution in [-0.2, 0) is 4.74 Å². The van der Waals surface area contributed by atoms with E-state index in [1.54, 1.807) is 0 Å².